The summed E-state index contributed by atoms with van der Waals surface area (Å²) in [5, 5.41) is 0. The highest BCUT2D eigenvalue weighted by Crippen LogP contribution is 2.35. The highest BCUT2D eigenvalue weighted by atomic mass is 16.5. The number of Topliss-reactive ketones (excluding diaryl/α,β-unsaturated/α-hetero) is 1. The molecule has 0 radical (unpaired) electrons. The normalized spacial score (nSPS) is 27.3. The van der Waals surface area contributed by atoms with E-state index in [1.165, 1.54) is 0 Å². The molecule has 0 spiro atoms. The molecule has 0 N–H and O–H groups in total. The van der Waals surface area contributed by atoms with Gasteiger partial charge in [0.05, 0.1) is 12.3 Å². The molecule has 0 amide bonds. The molecule has 1 saturated heterocycles. The van der Waals surface area contributed by atoms with Gasteiger partial charge in [-0.3, -0.25) is 9.69 Å². The van der Waals surface area contributed by atoms with E-state index in [1.54, 1.807) is 0 Å². The lowest BCUT2D eigenvalue weighted by Crippen LogP contribution is -2.31. The summed E-state index contributed by atoms with van der Waals surface area (Å²) in [7, 11) is 0. The maximum Gasteiger partial charge on any atom is 0.140 e. The summed E-state index contributed by atoms with van der Waals surface area (Å²) in [6.07, 6.45) is 3.30. The lowest BCUT2D eigenvalue weighted by Gasteiger charge is -2.24. The molecule has 2 fully saturated rings. The molecule has 0 aromatic carbocycles. The second kappa shape index (κ2) is 4.46. The quantitative estimate of drug-likeness (QED) is 0.733. The third-order valence-corrected chi connectivity index (χ3v) is 3.33. The van der Waals surface area contributed by atoms with Crippen LogP contribution in [-0.4, -0.2) is 36.1 Å². The molecule has 0 bridgehead atoms. The molecule has 1 saturated carbocycles. The minimum atomic E-state index is -0.0847. The summed E-state index contributed by atoms with van der Waals surface area (Å²) in [6.45, 7) is 8.78. The highest BCUT2D eigenvalue weighted by Gasteiger charge is 2.37. The van der Waals surface area contributed by atoms with E-state index in [-0.39, 0.29) is 11.5 Å². The van der Waals surface area contributed by atoms with Gasteiger partial charge in [-0.2, -0.15) is 0 Å². The number of rotatable bonds is 4. The maximum absolute atomic E-state index is 11.9. The Labute approximate surface area is 98.1 Å². The minimum absolute atomic E-state index is 0.0847. The Morgan fingerprint density at radius 2 is 1.94 bits per heavy atom. The predicted octanol–water partition coefficient (Wildman–Crippen LogP) is 2.06. The first-order valence-electron chi connectivity index (χ1n) is 6.36. The molecule has 0 aromatic rings. The molecular formula is C13H23NO2. The van der Waals surface area contributed by atoms with Gasteiger partial charge in [0.2, 0.25) is 0 Å². The number of carbonyl (C=O) groups excluding carboxylic acids is 1. The molecule has 1 atom stereocenters. The smallest absolute Gasteiger partial charge is 0.140 e. The van der Waals surface area contributed by atoms with Gasteiger partial charge in [-0.1, -0.05) is 0 Å². The van der Waals surface area contributed by atoms with Crippen molar-refractivity contribution >= 4 is 5.78 Å². The number of nitrogens with zero attached hydrogens (tertiary/aromatic N) is 1. The van der Waals surface area contributed by atoms with Gasteiger partial charge in [-0.05, 0) is 40.0 Å². The zero-order valence-corrected chi connectivity index (χ0v) is 10.7. The van der Waals surface area contributed by atoms with E-state index in [2.05, 4.69) is 25.7 Å². The molecule has 0 aromatic heterocycles. The van der Waals surface area contributed by atoms with Crippen LogP contribution >= 0.6 is 0 Å². The van der Waals surface area contributed by atoms with Gasteiger partial charge in [0, 0.05) is 24.9 Å². The minimum Gasteiger partial charge on any atom is -0.360 e. The fourth-order valence-corrected chi connectivity index (χ4v) is 2.17. The van der Waals surface area contributed by atoms with Crippen molar-refractivity contribution in [2.45, 2.75) is 45.6 Å². The van der Waals surface area contributed by atoms with Crippen LogP contribution in [0.4, 0.5) is 0 Å². The summed E-state index contributed by atoms with van der Waals surface area (Å²) in [6, 6.07) is 0. The van der Waals surface area contributed by atoms with E-state index in [1.807, 2.05) is 0 Å². The van der Waals surface area contributed by atoms with Crippen LogP contribution in [0.5, 0.6) is 0 Å². The monoisotopic (exact) mass is 225 g/mol. The Morgan fingerprint density at radius 1 is 1.25 bits per heavy atom. The van der Waals surface area contributed by atoms with Crippen LogP contribution in [0.1, 0.15) is 40.0 Å². The molecule has 92 valence electrons. The largest absolute Gasteiger partial charge is 0.360 e. The zero-order valence-electron chi connectivity index (χ0n) is 10.7. The second-order valence-corrected chi connectivity index (χ2v) is 6.13. The fourth-order valence-electron chi connectivity index (χ4n) is 2.17. The van der Waals surface area contributed by atoms with Crippen LogP contribution in [0.2, 0.25) is 0 Å². The molecule has 2 rings (SSSR count). The van der Waals surface area contributed by atoms with Gasteiger partial charge < -0.3 is 4.74 Å². The van der Waals surface area contributed by atoms with E-state index in [4.69, 9.17) is 4.74 Å². The van der Waals surface area contributed by atoms with Gasteiger partial charge in [0.25, 0.3) is 0 Å². The lowest BCUT2D eigenvalue weighted by atomic mass is 10.0. The van der Waals surface area contributed by atoms with Crippen molar-refractivity contribution in [1.82, 2.24) is 4.90 Å². The van der Waals surface area contributed by atoms with Crippen LogP contribution in [0.3, 0.4) is 0 Å². The number of hydrogen-bond acceptors (Lipinski definition) is 3. The fraction of sp³-hybridized carbons (Fsp3) is 0.923. The number of carbonyl (C=O) groups is 1. The van der Waals surface area contributed by atoms with Gasteiger partial charge >= 0.3 is 0 Å². The van der Waals surface area contributed by atoms with Crippen LogP contribution in [0.25, 0.3) is 0 Å². The first kappa shape index (κ1) is 12.1. The standard InChI is InChI=1S/C13H23NO2/c1-13(2,3)16-9-14-7-6-11(8-14)12(15)10-4-5-10/h10-11H,4-9H2,1-3H3. The number of ether oxygens (including phenoxy) is 1. The SMILES string of the molecule is CC(C)(C)OCN1CCC(C(=O)C2CC2)C1. The van der Waals surface area contributed by atoms with Crippen LogP contribution < -0.4 is 0 Å². The Morgan fingerprint density at radius 3 is 2.50 bits per heavy atom. The zero-order chi connectivity index (χ0) is 11.8. The van der Waals surface area contributed by atoms with E-state index in [0.717, 1.165) is 32.4 Å². The number of likely N-dealkylation sites (tertiary alicyclic amines) is 1. The van der Waals surface area contributed by atoms with Crippen molar-refractivity contribution in [2.75, 3.05) is 19.8 Å². The molecule has 1 aliphatic carbocycles. The summed E-state index contributed by atoms with van der Waals surface area (Å²) in [4.78, 5) is 14.1. The third kappa shape index (κ3) is 3.29. The molecule has 16 heavy (non-hydrogen) atoms. The lowest BCUT2D eigenvalue weighted by molar-refractivity contribution is -0.124. The van der Waals surface area contributed by atoms with Gasteiger partial charge in [0.15, 0.2) is 0 Å². The van der Waals surface area contributed by atoms with Crippen molar-refractivity contribution < 1.29 is 9.53 Å². The molecule has 3 heteroatoms. The van der Waals surface area contributed by atoms with Crippen molar-refractivity contribution in [1.29, 1.82) is 0 Å². The van der Waals surface area contributed by atoms with Crippen LogP contribution in [-0.2, 0) is 9.53 Å². The van der Waals surface area contributed by atoms with Crippen molar-refractivity contribution in [3.05, 3.63) is 0 Å². The number of hydrogen-bond donors (Lipinski definition) is 0. The average molecular weight is 225 g/mol. The van der Waals surface area contributed by atoms with E-state index in [0.29, 0.717) is 18.4 Å². The van der Waals surface area contributed by atoms with E-state index >= 15 is 0 Å². The number of ketones is 1. The van der Waals surface area contributed by atoms with E-state index < -0.39 is 0 Å². The molecule has 1 aliphatic heterocycles. The predicted molar refractivity (Wildman–Crippen MR) is 63.1 cm³/mol. The van der Waals surface area contributed by atoms with E-state index in [9.17, 15) is 4.79 Å². The van der Waals surface area contributed by atoms with Crippen LogP contribution in [0, 0.1) is 11.8 Å². The van der Waals surface area contributed by atoms with Crippen molar-refractivity contribution in [3.8, 4) is 0 Å². The molecular weight excluding hydrogens is 202 g/mol. The topological polar surface area (TPSA) is 29.5 Å². The molecule has 3 nitrogen and oxygen atoms in total. The molecule has 1 heterocycles. The Balaban J connectivity index is 1.73. The van der Waals surface area contributed by atoms with Crippen molar-refractivity contribution in [3.63, 3.8) is 0 Å². The Kier molecular flexibility index (Phi) is 3.36. The second-order valence-electron chi connectivity index (χ2n) is 6.13. The van der Waals surface area contributed by atoms with Gasteiger partial charge in [-0.25, -0.2) is 0 Å². The summed E-state index contributed by atoms with van der Waals surface area (Å²) in [5.41, 5.74) is -0.0847. The first-order chi connectivity index (χ1) is 7.46. The van der Waals surface area contributed by atoms with Gasteiger partial charge in [0.1, 0.15) is 5.78 Å². The van der Waals surface area contributed by atoms with Gasteiger partial charge in [-0.15, -0.1) is 0 Å². The summed E-state index contributed by atoms with van der Waals surface area (Å²) >= 11 is 0. The summed E-state index contributed by atoms with van der Waals surface area (Å²) in [5.74, 6) is 1.21. The maximum atomic E-state index is 11.9. The van der Waals surface area contributed by atoms with Crippen molar-refractivity contribution in [2.24, 2.45) is 11.8 Å². The van der Waals surface area contributed by atoms with Crippen LogP contribution in [0.15, 0.2) is 0 Å². The highest BCUT2D eigenvalue weighted by molar-refractivity contribution is 5.85. The third-order valence-electron chi connectivity index (χ3n) is 3.33. The summed E-state index contributed by atoms with van der Waals surface area (Å²) < 4.78 is 5.73. The Bertz CT molecular complexity index is 266. The Hall–Kier alpha value is -0.410. The average Bonchev–Trinajstić information content (AvgIpc) is 2.92. The molecule has 1 unspecified atom stereocenters. The molecule has 2 aliphatic rings. The first-order valence-corrected chi connectivity index (χ1v) is 6.36.